The summed E-state index contributed by atoms with van der Waals surface area (Å²) in [4.78, 5) is 24.3. The molecule has 2 rings (SSSR count). The molecule has 0 aliphatic carbocycles. The second-order valence-corrected chi connectivity index (χ2v) is 6.12. The van der Waals surface area contributed by atoms with Crippen molar-refractivity contribution in [1.29, 1.82) is 0 Å². The number of carbonyl (C=O) groups excluding carboxylic acids is 2. The fourth-order valence-electron chi connectivity index (χ4n) is 2.73. The zero-order valence-electron chi connectivity index (χ0n) is 12.1. The number of esters is 1. The maximum absolute atomic E-state index is 12.4. The van der Waals surface area contributed by atoms with E-state index in [-0.39, 0.29) is 17.7 Å². The Morgan fingerprint density at radius 2 is 1.95 bits per heavy atom. The highest BCUT2D eigenvalue weighted by Gasteiger charge is 2.46. The van der Waals surface area contributed by atoms with Gasteiger partial charge < -0.3 is 4.74 Å². The number of rotatable bonds is 3. The van der Waals surface area contributed by atoms with Gasteiger partial charge in [-0.1, -0.05) is 31.5 Å². The van der Waals surface area contributed by atoms with E-state index in [9.17, 15) is 9.59 Å². The van der Waals surface area contributed by atoms with Gasteiger partial charge in [0.05, 0.1) is 11.0 Å². The maximum Gasteiger partial charge on any atom is 0.339 e. The molecule has 0 spiro atoms. The standard InChI is InChI=1S/C16H20O3/c1-9(2)13(17)16(4,5)14-12-8-10(3)6-7-11(12)15(18)19-14/h6-9,14H,1-5H3. The smallest absolute Gasteiger partial charge is 0.339 e. The van der Waals surface area contributed by atoms with Crippen molar-refractivity contribution < 1.29 is 14.3 Å². The van der Waals surface area contributed by atoms with Gasteiger partial charge in [0.15, 0.2) is 0 Å². The van der Waals surface area contributed by atoms with Crippen LogP contribution in [0.1, 0.15) is 55.3 Å². The first-order valence-corrected chi connectivity index (χ1v) is 6.61. The number of cyclic esters (lactones) is 1. The van der Waals surface area contributed by atoms with Gasteiger partial charge >= 0.3 is 5.97 Å². The van der Waals surface area contributed by atoms with Crippen LogP contribution in [0.4, 0.5) is 0 Å². The monoisotopic (exact) mass is 260 g/mol. The SMILES string of the molecule is Cc1ccc2c(c1)C(C(C)(C)C(=O)C(C)C)OC2=O. The lowest BCUT2D eigenvalue weighted by Gasteiger charge is -2.31. The highest BCUT2D eigenvalue weighted by molar-refractivity contribution is 5.96. The molecule has 0 saturated heterocycles. The van der Waals surface area contributed by atoms with Crippen LogP contribution in [0.15, 0.2) is 18.2 Å². The van der Waals surface area contributed by atoms with Crippen molar-refractivity contribution in [1.82, 2.24) is 0 Å². The summed E-state index contributed by atoms with van der Waals surface area (Å²) in [5, 5.41) is 0. The summed E-state index contributed by atoms with van der Waals surface area (Å²) in [5.41, 5.74) is 1.78. The molecule has 0 radical (unpaired) electrons. The Labute approximate surface area is 114 Å². The average Bonchev–Trinajstić information content (AvgIpc) is 2.65. The first kappa shape index (κ1) is 13.8. The van der Waals surface area contributed by atoms with Crippen LogP contribution in [0.2, 0.25) is 0 Å². The lowest BCUT2D eigenvalue weighted by atomic mass is 9.75. The van der Waals surface area contributed by atoms with E-state index in [4.69, 9.17) is 4.74 Å². The van der Waals surface area contributed by atoms with Crippen molar-refractivity contribution in [3.05, 3.63) is 34.9 Å². The van der Waals surface area contributed by atoms with E-state index in [1.807, 2.05) is 46.8 Å². The molecule has 1 unspecified atom stereocenters. The first-order valence-electron chi connectivity index (χ1n) is 6.61. The van der Waals surface area contributed by atoms with E-state index < -0.39 is 11.5 Å². The third kappa shape index (κ3) is 2.18. The van der Waals surface area contributed by atoms with E-state index in [1.165, 1.54) is 0 Å². The zero-order chi connectivity index (χ0) is 14.4. The van der Waals surface area contributed by atoms with Crippen LogP contribution in [0.5, 0.6) is 0 Å². The van der Waals surface area contributed by atoms with Crippen LogP contribution in [-0.2, 0) is 9.53 Å². The van der Waals surface area contributed by atoms with E-state index in [1.54, 1.807) is 6.07 Å². The Balaban J connectivity index is 2.47. The summed E-state index contributed by atoms with van der Waals surface area (Å²) >= 11 is 0. The molecule has 1 aromatic rings. The molecule has 1 heterocycles. The number of aryl methyl sites for hydroxylation is 1. The van der Waals surface area contributed by atoms with Crippen molar-refractivity contribution in [2.75, 3.05) is 0 Å². The fourth-order valence-corrected chi connectivity index (χ4v) is 2.73. The van der Waals surface area contributed by atoms with Crippen molar-refractivity contribution in [2.45, 2.75) is 40.7 Å². The molecule has 1 aliphatic heterocycles. The predicted octanol–water partition coefficient (Wildman–Crippen LogP) is 3.46. The number of ketones is 1. The molecule has 1 atom stereocenters. The lowest BCUT2D eigenvalue weighted by Crippen LogP contribution is -2.34. The zero-order valence-corrected chi connectivity index (χ0v) is 12.1. The highest BCUT2D eigenvalue weighted by atomic mass is 16.5. The van der Waals surface area contributed by atoms with Crippen LogP contribution < -0.4 is 0 Å². The molecule has 1 aliphatic rings. The third-order valence-electron chi connectivity index (χ3n) is 3.75. The van der Waals surface area contributed by atoms with Crippen molar-refractivity contribution in [3.63, 3.8) is 0 Å². The van der Waals surface area contributed by atoms with Crippen molar-refractivity contribution in [2.24, 2.45) is 11.3 Å². The van der Waals surface area contributed by atoms with Gasteiger partial charge in [-0.05, 0) is 26.8 Å². The van der Waals surface area contributed by atoms with Gasteiger partial charge in [-0.15, -0.1) is 0 Å². The largest absolute Gasteiger partial charge is 0.453 e. The van der Waals surface area contributed by atoms with Crippen LogP contribution in [0, 0.1) is 18.3 Å². The van der Waals surface area contributed by atoms with Crippen molar-refractivity contribution in [3.8, 4) is 0 Å². The highest BCUT2D eigenvalue weighted by Crippen LogP contribution is 2.45. The van der Waals surface area contributed by atoms with Gasteiger partial charge in [0.25, 0.3) is 0 Å². The Kier molecular flexibility index (Phi) is 3.25. The van der Waals surface area contributed by atoms with Crippen molar-refractivity contribution >= 4 is 11.8 Å². The summed E-state index contributed by atoms with van der Waals surface area (Å²) < 4.78 is 5.46. The van der Waals surface area contributed by atoms with Crippen LogP contribution in [-0.4, -0.2) is 11.8 Å². The summed E-state index contributed by atoms with van der Waals surface area (Å²) in [7, 11) is 0. The second kappa shape index (κ2) is 4.48. The minimum Gasteiger partial charge on any atom is -0.453 e. The Morgan fingerprint density at radius 1 is 1.32 bits per heavy atom. The van der Waals surface area contributed by atoms with E-state index in [0.29, 0.717) is 5.56 Å². The summed E-state index contributed by atoms with van der Waals surface area (Å²) in [6.45, 7) is 9.42. The minimum atomic E-state index is -0.705. The molecule has 0 N–H and O–H groups in total. The molecular formula is C16H20O3. The van der Waals surface area contributed by atoms with Crippen LogP contribution >= 0.6 is 0 Å². The molecule has 102 valence electrons. The average molecular weight is 260 g/mol. The quantitative estimate of drug-likeness (QED) is 0.782. The second-order valence-electron chi connectivity index (χ2n) is 6.12. The number of hydrogen-bond acceptors (Lipinski definition) is 3. The molecule has 0 saturated carbocycles. The number of Topliss-reactive ketones (excluding diaryl/α,β-unsaturated/α-hetero) is 1. The number of benzene rings is 1. The Hall–Kier alpha value is -1.64. The minimum absolute atomic E-state index is 0.0810. The molecule has 0 aromatic heterocycles. The lowest BCUT2D eigenvalue weighted by molar-refractivity contribution is -0.136. The summed E-state index contributed by atoms with van der Waals surface area (Å²) in [6, 6.07) is 5.61. The third-order valence-corrected chi connectivity index (χ3v) is 3.75. The fraction of sp³-hybridized carbons (Fsp3) is 0.500. The maximum atomic E-state index is 12.4. The molecule has 3 nitrogen and oxygen atoms in total. The first-order chi connectivity index (χ1) is 8.75. The molecule has 0 amide bonds. The summed E-state index contributed by atoms with van der Waals surface area (Å²) in [5.74, 6) is -0.299. The van der Waals surface area contributed by atoms with E-state index >= 15 is 0 Å². The molecule has 3 heteroatoms. The number of fused-ring (bicyclic) bond motifs is 1. The van der Waals surface area contributed by atoms with Gasteiger partial charge in [-0.25, -0.2) is 4.79 Å². The molecule has 0 bridgehead atoms. The normalized spacial score (nSPS) is 18.4. The Bertz CT molecular complexity index is 541. The van der Waals surface area contributed by atoms with Crippen LogP contribution in [0.25, 0.3) is 0 Å². The molecule has 19 heavy (non-hydrogen) atoms. The van der Waals surface area contributed by atoms with Crippen LogP contribution in [0.3, 0.4) is 0 Å². The van der Waals surface area contributed by atoms with E-state index in [2.05, 4.69) is 0 Å². The number of hydrogen-bond donors (Lipinski definition) is 0. The molecule has 0 fully saturated rings. The topological polar surface area (TPSA) is 43.4 Å². The molecular weight excluding hydrogens is 240 g/mol. The Morgan fingerprint density at radius 3 is 2.53 bits per heavy atom. The number of ether oxygens (including phenoxy) is 1. The number of carbonyl (C=O) groups is 2. The molecule has 1 aromatic carbocycles. The van der Waals surface area contributed by atoms with Gasteiger partial charge in [-0.2, -0.15) is 0 Å². The predicted molar refractivity (Wildman–Crippen MR) is 73.0 cm³/mol. The van der Waals surface area contributed by atoms with Gasteiger partial charge in [0, 0.05) is 11.5 Å². The van der Waals surface area contributed by atoms with E-state index in [0.717, 1.165) is 11.1 Å². The summed E-state index contributed by atoms with van der Waals surface area (Å²) in [6.07, 6.45) is -0.482. The van der Waals surface area contributed by atoms with Gasteiger partial charge in [0.2, 0.25) is 0 Å². The van der Waals surface area contributed by atoms with Gasteiger partial charge in [0.1, 0.15) is 11.9 Å². The van der Waals surface area contributed by atoms with Gasteiger partial charge in [-0.3, -0.25) is 4.79 Å².